The standard InChI is InChI=1S/C22H27N4O2/c1-27-20-10-4-5-11-21(20)28-17-7-6-12-25-13-15-26(16-14-25)22-18-8-2-3-9-19(18)23-24-22/h2-5,8-10H,6-7,12-17H2,1H3,(H,23,24). The van der Waals surface area contributed by atoms with Crippen LogP contribution < -0.4 is 14.4 Å². The number of methoxy groups -OCH3 is 1. The Morgan fingerprint density at radius 2 is 1.93 bits per heavy atom. The monoisotopic (exact) mass is 379 g/mol. The van der Waals surface area contributed by atoms with Crippen LogP contribution in [0.1, 0.15) is 12.8 Å². The van der Waals surface area contributed by atoms with Crippen molar-refractivity contribution in [3.05, 3.63) is 48.5 Å². The molecule has 1 N–H and O–H groups in total. The molecular weight excluding hydrogens is 352 g/mol. The fraction of sp³-hybridized carbons (Fsp3) is 0.409. The van der Waals surface area contributed by atoms with Crippen LogP contribution in [-0.4, -0.2) is 61.5 Å². The van der Waals surface area contributed by atoms with Crippen molar-refractivity contribution in [2.75, 3.05) is 51.3 Å². The van der Waals surface area contributed by atoms with Gasteiger partial charge in [-0.05, 0) is 37.6 Å². The van der Waals surface area contributed by atoms with E-state index in [-0.39, 0.29) is 0 Å². The van der Waals surface area contributed by atoms with E-state index in [0.29, 0.717) is 12.4 Å². The molecule has 28 heavy (non-hydrogen) atoms. The number of para-hydroxylation sites is 2. The molecule has 0 unspecified atom stereocenters. The molecule has 4 rings (SSSR count). The largest absolute Gasteiger partial charge is 0.493 e. The van der Waals surface area contributed by atoms with Crippen LogP contribution in [0.4, 0.5) is 5.82 Å². The maximum Gasteiger partial charge on any atom is 0.169 e. The normalized spacial score (nSPS) is 15.1. The fourth-order valence-corrected chi connectivity index (χ4v) is 3.66. The molecule has 0 bridgehead atoms. The van der Waals surface area contributed by atoms with Crippen LogP contribution in [0.25, 0.3) is 10.9 Å². The fourth-order valence-electron chi connectivity index (χ4n) is 3.66. The number of ether oxygens (including phenoxy) is 2. The zero-order valence-corrected chi connectivity index (χ0v) is 16.4. The number of aromatic amines is 1. The van der Waals surface area contributed by atoms with Crippen molar-refractivity contribution in [3.63, 3.8) is 0 Å². The van der Waals surface area contributed by atoms with E-state index in [9.17, 15) is 0 Å². The van der Waals surface area contributed by atoms with Crippen LogP contribution in [0.2, 0.25) is 0 Å². The molecule has 2 heterocycles. The molecule has 1 radical (unpaired) electrons. The van der Waals surface area contributed by atoms with E-state index in [1.165, 1.54) is 5.39 Å². The number of nitrogens with one attached hydrogen (secondary N) is 1. The third kappa shape index (κ3) is 4.22. The summed E-state index contributed by atoms with van der Waals surface area (Å²) in [6, 6.07) is 17.1. The average Bonchev–Trinajstić information content (AvgIpc) is 3.18. The molecule has 147 valence electrons. The van der Waals surface area contributed by atoms with Crippen LogP contribution >= 0.6 is 0 Å². The van der Waals surface area contributed by atoms with Gasteiger partial charge in [-0.1, -0.05) is 24.3 Å². The zero-order chi connectivity index (χ0) is 19.2. The van der Waals surface area contributed by atoms with Gasteiger partial charge in [0.15, 0.2) is 17.3 Å². The predicted molar refractivity (Wildman–Crippen MR) is 111 cm³/mol. The highest BCUT2D eigenvalue weighted by Gasteiger charge is 2.20. The quantitative estimate of drug-likeness (QED) is 0.608. The third-order valence-electron chi connectivity index (χ3n) is 5.24. The summed E-state index contributed by atoms with van der Waals surface area (Å²) in [5.41, 5.74) is 1.10. The molecule has 6 heteroatoms. The molecular formula is C22H27N4O2. The minimum absolute atomic E-state index is 0.691. The van der Waals surface area contributed by atoms with Crippen LogP contribution in [0.3, 0.4) is 0 Å². The number of unbranched alkanes of at least 4 members (excludes halogenated alkanes) is 1. The smallest absolute Gasteiger partial charge is 0.169 e. The van der Waals surface area contributed by atoms with Crippen molar-refractivity contribution in [2.24, 2.45) is 0 Å². The number of piperazine rings is 1. The lowest BCUT2D eigenvalue weighted by Crippen LogP contribution is -2.46. The molecule has 0 amide bonds. The van der Waals surface area contributed by atoms with Crippen LogP contribution in [-0.2, 0) is 0 Å². The van der Waals surface area contributed by atoms with Gasteiger partial charge in [0.25, 0.3) is 0 Å². The van der Waals surface area contributed by atoms with E-state index in [4.69, 9.17) is 9.47 Å². The molecule has 0 atom stereocenters. The maximum atomic E-state index is 5.81. The summed E-state index contributed by atoms with van der Waals surface area (Å²) in [5.74, 6) is 2.52. The molecule has 0 spiro atoms. The number of nitrogens with zero attached hydrogens (tertiary/aromatic N) is 3. The van der Waals surface area contributed by atoms with Crippen LogP contribution in [0.15, 0.2) is 42.5 Å². The number of hydrogen-bond acceptors (Lipinski definition) is 5. The Morgan fingerprint density at radius 1 is 1.07 bits per heavy atom. The number of rotatable bonds is 8. The predicted octanol–water partition coefficient (Wildman–Crippen LogP) is 3.35. The highest BCUT2D eigenvalue weighted by atomic mass is 16.5. The van der Waals surface area contributed by atoms with Gasteiger partial charge in [-0.25, -0.2) is 0 Å². The van der Waals surface area contributed by atoms with E-state index in [2.05, 4.69) is 44.3 Å². The topological polar surface area (TPSA) is 53.6 Å². The van der Waals surface area contributed by atoms with E-state index in [1.807, 2.05) is 24.3 Å². The second kappa shape index (κ2) is 8.97. The number of hydrogen-bond donors (Lipinski definition) is 1. The Balaban J connectivity index is 1.18. The van der Waals surface area contributed by atoms with E-state index >= 15 is 0 Å². The van der Waals surface area contributed by atoms with Crippen molar-refractivity contribution in [1.82, 2.24) is 15.1 Å². The average molecular weight is 379 g/mol. The highest BCUT2D eigenvalue weighted by molar-refractivity contribution is 5.90. The molecule has 1 aliphatic heterocycles. The number of anilines is 1. The summed E-state index contributed by atoms with van der Waals surface area (Å²) in [7, 11) is 1.65. The van der Waals surface area contributed by atoms with Crippen molar-refractivity contribution in [1.29, 1.82) is 0 Å². The first kappa shape index (κ1) is 18.6. The molecule has 2 aromatic carbocycles. The van der Waals surface area contributed by atoms with Gasteiger partial charge in [0, 0.05) is 37.6 Å². The summed E-state index contributed by atoms with van der Waals surface area (Å²) < 4.78 is 11.1. The lowest BCUT2D eigenvalue weighted by molar-refractivity contribution is 0.235. The minimum atomic E-state index is 0.691. The van der Waals surface area contributed by atoms with Crippen molar-refractivity contribution in [3.8, 4) is 11.5 Å². The summed E-state index contributed by atoms with van der Waals surface area (Å²) in [4.78, 5) is 4.91. The van der Waals surface area contributed by atoms with Gasteiger partial charge in [0.2, 0.25) is 0 Å². The van der Waals surface area contributed by atoms with Crippen LogP contribution in [0.5, 0.6) is 11.5 Å². The summed E-state index contributed by atoms with van der Waals surface area (Å²) >= 11 is 0. The zero-order valence-electron chi connectivity index (χ0n) is 16.4. The number of benzene rings is 2. The van der Waals surface area contributed by atoms with E-state index < -0.39 is 0 Å². The SMILES string of the molecule is COc1ccc[c]c1OCCCCN1CCN(c2n[nH]c3ccccc23)CC1. The molecule has 1 aromatic heterocycles. The summed E-state index contributed by atoms with van der Waals surface area (Å²) in [5, 5.41) is 8.87. The van der Waals surface area contributed by atoms with Gasteiger partial charge in [-0.3, -0.25) is 10.00 Å². The molecule has 1 aliphatic rings. The van der Waals surface area contributed by atoms with E-state index in [0.717, 1.165) is 62.6 Å². The third-order valence-corrected chi connectivity index (χ3v) is 5.24. The Bertz CT molecular complexity index is 887. The Morgan fingerprint density at radius 3 is 2.79 bits per heavy atom. The van der Waals surface area contributed by atoms with Gasteiger partial charge < -0.3 is 14.4 Å². The lowest BCUT2D eigenvalue weighted by atomic mass is 10.2. The molecule has 1 saturated heterocycles. The lowest BCUT2D eigenvalue weighted by Gasteiger charge is -2.35. The molecule has 6 nitrogen and oxygen atoms in total. The Kier molecular flexibility index (Phi) is 5.97. The van der Waals surface area contributed by atoms with Crippen molar-refractivity contribution < 1.29 is 9.47 Å². The van der Waals surface area contributed by atoms with Gasteiger partial charge in [0.1, 0.15) is 0 Å². The first-order chi connectivity index (χ1) is 13.8. The van der Waals surface area contributed by atoms with Crippen molar-refractivity contribution >= 4 is 16.7 Å². The first-order valence-electron chi connectivity index (χ1n) is 9.93. The molecule has 0 saturated carbocycles. The Labute approximate surface area is 166 Å². The maximum absolute atomic E-state index is 5.81. The highest BCUT2D eigenvalue weighted by Crippen LogP contribution is 2.26. The Hall–Kier alpha value is -2.73. The van der Waals surface area contributed by atoms with E-state index in [1.54, 1.807) is 7.11 Å². The molecule has 0 aliphatic carbocycles. The number of fused-ring (bicyclic) bond motifs is 1. The van der Waals surface area contributed by atoms with Gasteiger partial charge in [-0.2, -0.15) is 5.10 Å². The first-order valence-corrected chi connectivity index (χ1v) is 9.93. The number of aromatic nitrogens is 2. The summed E-state index contributed by atoms with van der Waals surface area (Å²) in [6.45, 7) is 5.97. The second-order valence-electron chi connectivity index (χ2n) is 7.04. The van der Waals surface area contributed by atoms with Gasteiger partial charge in [-0.15, -0.1) is 0 Å². The molecule has 3 aromatic rings. The van der Waals surface area contributed by atoms with Crippen molar-refractivity contribution in [2.45, 2.75) is 12.8 Å². The van der Waals surface area contributed by atoms with Gasteiger partial charge in [0.05, 0.1) is 19.2 Å². The second-order valence-corrected chi connectivity index (χ2v) is 7.04. The number of H-pyrrole nitrogens is 1. The molecule has 1 fully saturated rings. The van der Waals surface area contributed by atoms with Gasteiger partial charge >= 0.3 is 0 Å². The summed E-state index contributed by atoms with van der Waals surface area (Å²) in [6.07, 6.45) is 2.15. The minimum Gasteiger partial charge on any atom is -0.493 e. The van der Waals surface area contributed by atoms with Crippen LogP contribution in [0, 0.1) is 6.07 Å².